The summed E-state index contributed by atoms with van der Waals surface area (Å²) in [6.07, 6.45) is -4.24. The molecule has 12 heteroatoms. The second-order valence-corrected chi connectivity index (χ2v) is 10.5. The van der Waals surface area contributed by atoms with Crippen molar-refractivity contribution in [1.29, 1.82) is 0 Å². The molecule has 2 aromatic carbocycles. The number of phenolic OH excluding ortho intramolecular Hbond substituents is 3. The maximum absolute atomic E-state index is 13.6. The molecule has 1 saturated heterocycles. The van der Waals surface area contributed by atoms with Crippen molar-refractivity contribution < 1.29 is 54.1 Å². The Morgan fingerprint density at radius 3 is 2.38 bits per heavy atom. The number of ketones is 2. The number of methoxy groups -OCH3 is 1. The highest BCUT2D eigenvalue weighted by Gasteiger charge is 2.54. The largest absolute Gasteiger partial charge is 0.507 e. The van der Waals surface area contributed by atoms with Crippen LogP contribution in [0.2, 0.25) is 0 Å². The average molecular weight is 558 g/mol. The van der Waals surface area contributed by atoms with Crippen LogP contribution < -0.4 is 5.73 Å². The summed E-state index contributed by atoms with van der Waals surface area (Å²) in [6.45, 7) is 3.20. The predicted octanol–water partition coefficient (Wildman–Crippen LogP) is 1.26. The van der Waals surface area contributed by atoms with Crippen LogP contribution in [0.15, 0.2) is 18.2 Å². The Morgan fingerprint density at radius 1 is 1.10 bits per heavy atom. The number of aromatic hydroxyl groups is 3. The number of benzene rings is 2. The van der Waals surface area contributed by atoms with E-state index in [0.29, 0.717) is 0 Å². The molecule has 5 rings (SSSR count). The Bertz CT molecular complexity index is 1410. The molecule has 40 heavy (non-hydrogen) atoms. The Morgan fingerprint density at radius 2 is 1.75 bits per heavy atom. The van der Waals surface area contributed by atoms with Crippen LogP contribution in [-0.4, -0.2) is 80.3 Å². The lowest BCUT2D eigenvalue weighted by molar-refractivity contribution is -0.249. The van der Waals surface area contributed by atoms with E-state index in [1.165, 1.54) is 18.2 Å². The van der Waals surface area contributed by atoms with Crippen LogP contribution in [0.25, 0.3) is 0 Å². The number of esters is 1. The van der Waals surface area contributed by atoms with E-state index in [2.05, 4.69) is 0 Å². The molecule has 3 aliphatic rings. The molecule has 1 fully saturated rings. The minimum atomic E-state index is -1.87. The lowest BCUT2D eigenvalue weighted by Crippen LogP contribution is -2.52. The van der Waals surface area contributed by atoms with Crippen molar-refractivity contribution in [2.45, 2.75) is 75.3 Å². The summed E-state index contributed by atoms with van der Waals surface area (Å²) >= 11 is 0. The fourth-order valence-corrected chi connectivity index (χ4v) is 6.13. The average Bonchev–Trinajstić information content (AvgIpc) is 2.91. The van der Waals surface area contributed by atoms with E-state index >= 15 is 0 Å². The molecule has 0 spiro atoms. The SMILES string of the molecule is CC[C@@]1(O)CC(OC2CC(N)C(O)C(C)O2)c2c(O)c3c(c(O)c2C1C(=O)OC)C(=O)c1cccc(O)c1C3=O. The van der Waals surface area contributed by atoms with Gasteiger partial charge < -0.3 is 45.5 Å². The number of fused-ring (bicyclic) bond motifs is 3. The van der Waals surface area contributed by atoms with Crippen LogP contribution in [0, 0.1) is 0 Å². The van der Waals surface area contributed by atoms with Gasteiger partial charge in [-0.15, -0.1) is 0 Å². The number of nitrogens with two attached hydrogens (primary N) is 1. The van der Waals surface area contributed by atoms with Crippen molar-refractivity contribution in [3.05, 3.63) is 51.6 Å². The van der Waals surface area contributed by atoms with Gasteiger partial charge in [-0.1, -0.05) is 19.1 Å². The molecule has 0 bridgehead atoms. The molecule has 1 aliphatic heterocycles. The first kappa shape index (κ1) is 28.0. The molecule has 2 aliphatic carbocycles. The molecule has 2 aromatic rings. The van der Waals surface area contributed by atoms with Gasteiger partial charge in [0.25, 0.3) is 0 Å². The van der Waals surface area contributed by atoms with Crippen molar-refractivity contribution >= 4 is 17.5 Å². The number of carbonyl (C=O) groups excluding carboxylic acids is 3. The van der Waals surface area contributed by atoms with Crippen LogP contribution in [0.1, 0.15) is 88.1 Å². The molecule has 0 amide bonds. The van der Waals surface area contributed by atoms with Crippen LogP contribution in [0.3, 0.4) is 0 Å². The van der Waals surface area contributed by atoms with Gasteiger partial charge in [0.1, 0.15) is 23.2 Å². The normalized spacial score (nSPS) is 31.2. The van der Waals surface area contributed by atoms with Gasteiger partial charge in [0.2, 0.25) is 5.78 Å². The third-order valence-corrected chi connectivity index (χ3v) is 8.29. The first-order valence-corrected chi connectivity index (χ1v) is 12.9. The number of hydrogen-bond acceptors (Lipinski definition) is 12. The minimum absolute atomic E-state index is 0.0207. The topological polar surface area (TPSA) is 206 Å². The van der Waals surface area contributed by atoms with E-state index in [1.54, 1.807) is 13.8 Å². The van der Waals surface area contributed by atoms with Gasteiger partial charge in [-0.3, -0.25) is 14.4 Å². The number of rotatable bonds is 4. The van der Waals surface area contributed by atoms with Gasteiger partial charge in [0.15, 0.2) is 12.1 Å². The lowest BCUT2D eigenvalue weighted by atomic mass is 9.66. The van der Waals surface area contributed by atoms with Crippen LogP contribution in [-0.2, 0) is 19.0 Å². The molecule has 214 valence electrons. The number of ether oxygens (including phenoxy) is 3. The van der Waals surface area contributed by atoms with Crippen LogP contribution in [0.4, 0.5) is 0 Å². The van der Waals surface area contributed by atoms with Gasteiger partial charge in [-0.05, 0) is 19.4 Å². The number of hydrogen-bond donors (Lipinski definition) is 6. The number of aliphatic hydroxyl groups is 2. The van der Waals surface area contributed by atoms with E-state index < -0.39 is 88.1 Å². The maximum atomic E-state index is 13.6. The van der Waals surface area contributed by atoms with E-state index in [0.717, 1.165) is 7.11 Å². The zero-order valence-electron chi connectivity index (χ0n) is 22.1. The van der Waals surface area contributed by atoms with Crippen molar-refractivity contribution in [2.75, 3.05) is 7.11 Å². The van der Waals surface area contributed by atoms with Gasteiger partial charge >= 0.3 is 5.97 Å². The van der Waals surface area contributed by atoms with Crippen molar-refractivity contribution in [3.63, 3.8) is 0 Å². The summed E-state index contributed by atoms with van der Waals surface area (Å²) < 4.78 is 16.8. The third kappa shape index (κ3) is 3.98. The lowest BCUT2D eigenvalue weighted by Gasteiger charge is -2.45. The second kappa shape index (κ2) is 9.82. The number of carbonyl (C=O) groups is 3. The molecular weight excluding hydrogens is 526 g/mol. The summed E-state index contributed by atoms with van der Waals surface area (Å²) in [4.78, 5) is 40.2. The standard InChI is InChI=1S/C28H31NO11/c1-4-28(37)9-14(40-15-8-12(29)22(31)10(2)39-15)17-18(21(28)27(36)38-3)26(35)19-20(25(17)34)24(33)16-11(23(19)32)6-5-7-13(16)30/h5-7,10,12,14-15,21-22,30-31,34-35,37H,4,8-9,29H2,1-3H3/t10?,12?,14?,15?,21?,22?,28-/m1/s1. The summed E-state index contributed by atoms with van der Waals surface area (Å²) in [5.74, 6) is -6.33. The van der Waals surface area contributed by atoms with Crippen LogP contribution in [0.5, 0.6) is 17.2 Å². The van der Waals surface area contributed by atoms with Gasteiger partial charge in [0, 0.05) is 35.6 Å². The van der Waals surface area contributed by atoms with Crippen LogP contribution >= 0.6 is 0 Å². The van der Waals surface area contributed by atoms with Gasteiger partial charge in [-0.2, -0.15) is 0 Å². The highest BCUT2D eigenvalue weighted by molar-refractivity contribution is 6.31. The van der Waals surface area contributed by atoms with E-state index in [1.807, 2.05) is 0 Å². The molecule has 12 nitrogen and oxygen atoms in total. The fourth-order valence-electron chi connectivity index (χ4n) is 6.13. The molecule has 7 N–H and O–H groups in total. The number of phenols is 3. The van der Waals surface area contributed by atoms with Crippen molar-refractivity contribution in [1.82, 2.24) is 0 Å². The quantitative estimate of drug-likeness (QED) is 0.198. The smallest absolute Gasteiger partial charge is 0.316 e. The summed E-state index contributed by atoms with van der Waals surface area (Å²) in [5, 5.41) is 55.4. The second-order valence-electron chi connectivity index (χ2n) is 10.5. The molecule has 0 radical (unpaired) electrons. The zero-order chi connectivity index (χ0) is 29.3. The Labute approximate surface area is 228 Å². The highest BCUT2D eigenvalue weighted by Crippen LogP contribution is 2.57. The first-order valence-electron chi connectivity index (χ1n) is 12.9. The van der Waals surface area contributed by atoms with E-state index in [9.17, 15) is 39.9 Å². The number of aliphatic hydroxyl groups excluding tert-OH is 1. The zero-order valence-corrected chi connectivity index (χ0v) is 22.1. The van der Waals surface area contributed by atoms with Gasteiger partial charge in [0.05, 0.1) is 47.7 Å². The third-order valence-electron chi connectivity index (χ3n) is 8.29. The Balaban J connectivity index is 1.76. The summed E-state index contributed by atoms with van der Waals surface area (Å²) in [7, 11) is 1.09. The van der Waals surface area contributed by atoms with Crippen molar-refractivity contribution in [3.8, 4) is 17.2 Å². The molecule has 1 heterocycles. The minimum Gasteiger partial charge on any atom is -0.507 e. The Hall–Kier alpha value is -3.55. The summed E-state index contributed by atoms with van der Waals surface area (Å²) in [5.41, 5.74) is 1.96. The van der Waals surface area contributed by atoms with E-state index in [4.69, 9.17) is 19.9 Å². The highest BCUT2D eigenvalue weighted by atomic mass is 16.7. The molecule has 0 saturated carbocycles. The monoisotopic (exact) mass is 557 g/mol. The predicted molar refractivity (Wildman–Crippen MR) is 136 cm³/mol. The molecule has 7 atom stereocenters. The maximum Gasteiger partial charge on any atom is 0.316 e. The Kier molecular flexibility index (Phi) is 6.87. The molecule has 6 unspecified atom stereocenters. The molecular formula is C28H31NO11. The van der Waals surface area contributed by atoms with Crippen molar-refractivity contribution in [2.24, 2.45) is 5.73 Å². The fraction of sp³-hybridized carbons (Fsp3) is 0.464. The summed E-state index contributed by atoms with van der Waals surface area (Å²) in [6, 6.07) is 3.14. The van der Waals surface area contributed by atoms with Gasteiger partial charge in [-0.25, -0.2) is 0 Å². The van der Waals surface area contributed by atoms with E-state index in [-0.39, 0.29) is 41.5 Å². The first-order chi connectivity index (χ1) is 18.9. The molecule has 0 aromatic heterocycles.